The number of hydrogen-bond acceptors (Lipinski definition) is 6. The van der Waals surface area contributed by atoms with E-state index in [0.29, 0.717) is 0 Å². The number of aryl methyl sites for hydroxylation is 1. The van der Waals surface area contributed by atoms with Crippen LogP contribution in [0.15, 0.2) is 30.9 Å². The maximum Gasteiger partial charge on any atom is 0.163 e. The average Bonchev–Trinajstić information content (AvgIpc) is 3.40. The predicted octanol–water partition coefficient (Wildman–Crippen LogP) is 2.88. The SMILES string of the molecule is c1cncc(-c2nc3c(c(N4CCCC[C@@H]4c4ncn[nH]4)n2)CCC3)c1. The van der Waals surface area contributed by atoms with E-state index in [9.17, 15) is 0 Å². The van der Waals surface area contributed by atoms with Crippen molar-refractivity contribution in [3.05, 3.63) is 47.9 Å². The van der Waals surface area contributed by atoms with Crippen molar-refractivity contribution in [2.45, 2.75) is 44.6 Å². The van der Waals surface area contributed by atoms with Crippen molar-refractivity contribution < 1.29 is 0 Å². The fraction of sp³-hybridized carbons (Fsp3) is 0.421. The molecular weight excluding hydrogens is 326 g/mol. The Labute approximate surface area is 151 Å². The van der Waals surface area contributed by atoms with E-state index < -0.39 is 0 Å². The second kappa shape index (κ2) is 6.48. The van der Waals surface area contributed by atoms with Gasteiger partial charge >= 0.3 is 0 Å². The highest BCUT2D eigenvalue weighted by Gasteiger charge is 2.31. The van der Waals surface area contributed by atoms with Gasteiger partial charge in [-0.05, 0) is 50.7 Å². The first-order valence-electron chi connectivity index (χ1n) is 9.32. The van der Waals surface area contributed by atoms with Gasteiger partial charge in [-0.3, -0.25) is 10.1 Å². The minimum Gasteiger partial charge on any atom is -0.346 e. The molecule has 1 fully saturated rings. The van der Waals surface area contributed by atoms with Crippen LogP contribution in [0.3, 0.4) is 0 Å². The van der Waals surface area contributed by atoms with Gasteiger partial charge in [0, 0.05) is 35.8 Å². The molecule has 1 aliphatic carbocycles. The first-order chi connectivity index (χ1) is 12.9. The smallest absolute Gasteiger partial charge is 0.163 e. The van der Waals surface area contributed by atoms with Gasteiger partial charge in [0.2, 0.25) is 0 Å². The molecule has 1 aliphatic heterocycles. The number of rotatable bonds is 3. The molecule has 1 saturated heterocycles. The van der Waals surface area contributed by atoms with Crippen LogP contribution in [0.5, 0.6) is 0 Å². The summed E-state index contributed by atoms with van der Waals surface area (Å²) in [5.74, 6) is 2.78. The number of H-pyrrole nitrogens is 1. The van der Waals surface area contributed by atoms with Gasteiger partial charge in [-0.15, -0.1) is 0 Å². The predicted molar refractivity (Wildman–Crippen MR) is 97.6 cm³/mol. The summed E-state index contributed by atoms with van der Waals surface area (Å²) < 4.78 is 0. The Bertz CT molecular complexity index is 892. The lowest BCUT2D eigenvalue weighted by molar-refractivity contribution is 0.453. The zero-order chi connectivity index (χ0) is 17.3. The van der Waals surface area contributed by atoms with E-state index in [4.69, 9.17) is 9.97 Å². The molecule has 0 spiro atoms. The molecule has 3 aromatic heterocycles. The third kappa shape index (κ3) is 2.64. The third-order valence-electron chi connectivity index (χ3n) is 5.36. The van der Waals surface area contributed by atoms with Gasteiger partial charge < -0.3 is 4.90 Å². The van der Waals surface area contributed by atoms with Crippen LogP contribution >= 0.6 is 0 Å². The van der Waals surface area contributed by atoms with Crippen molar-refractivity contribution in [2.24, 2.45) is 0 Å². The molecule has 3 aromatic rings. The van der Waals surface area contributed by atoms with E-state index in [2.05, 4.69) is 25.1 Å². The van der Waals surface area contributed by atoms with Crippen LogP contribution in [0, 0.1) is 0 Å². The second-order valence-corrected chi connectivity index (χ2v) is 6.97. The van der Waals surface area contributed by atoms with Gasteiger partial charge in [0.1, 0.15) is 18.0 Å². The summed E-state index contributed by atoms with van der Waals surface area (Å²) in [4.78, 5) is 20.9. The molecule has 132 valence electrons. The molecule has 0 amide bonds. The maximum absolute atomic E-state index is 5.01. The summed E-state index contributed by atoms with van der Waals surface area (Å²) in [6.07, 6.45) is 11.9. The molecule has 0 aromatic carbocycles. The Morgan fingerprint density at radius 2 is 2.12 bits per heavy atom. The zero-order valence-electron chi connectivity index (χ0n) is 14.6. The van der Waals surface area contributed by atoms with Crippen LogP contribution in [-0.2, 0) is 12.8 Å². The molecule has 1 N–H and O–H groups in total. The molecule has 4 heterocycles. The minimum atomic E-state index is 0.201. The van der Waals surface area contributed by atoms with Crippen LogP contribution in [0.25, 0.3) is 11.4 Å². The maximum atomic E-state index is 5.01. The monoisotopic (exact) mass is 347 g/mol. The first kappa shape index (κ1) is 15.4. The summed E-state index contributed by atoms with van der Waals surface area (Å²) in [5.41, 5.74) is 3.47. The largest absolute Gasteiger partial charge is 0.346 e. The summed E-state index contributed by atoms with van der Waals surface area (Å²) >= 11 is 0. The standard InChI is InChI=1S/C19H21N7/c1-2-10-26(16(8-1)18-21-12-22-25-18)19-14-6-3-7-15(14)23-17(24-19)13-5-4-9-20-11-13/h4-5,9,11-12,16H,1-3,6-8,10H2,(H,21,22,25)/t16-/m1/s1. The highest BCUT2D eigenvalue weighted by Crippen LogP contribution is 2.38. The molecule has 1 atom stereocenters. The summed E-state index contributed by atoms with van der Waals surface area (Å²) in [5, 5.41) is 7.12. The van der Waals surface area contributed by atoms with Crippen molar-refractivity contribution in [1.82, 2.24) is 30.1 Å². The summed E-state index contributed by atoms with van der Waals surface area (Å²) in [6, 6.07) is 4.16. The van der Waals surface area contributed by atoms with Gasteiger partial charge in [0.15, 0.2) is 5.82 Å². The van der Waals surface area contributed by atoms with E-state index in [1.54, 1.807) is 12.5 Å². The topological polar surface area (TPSA) is 83.5 Å². The molecule has 5 rings (SSSR count). The van der Waals surface area contributed by atoms with E-state index in [-0.39, 0.29) is 6.04 Å². The van der Waals surface area contributed by atoms with Gasteiger partial charge in [-0.2, -0.15) is 5.10 Å². The first-order valence-corrected chi connectivity index (χ1v) is 9.32. The lowest BCUT2D eigenvalue weighted by atomic mass is 10.0. The quantitative estimate of drug-likeness (QED) is 0.784. The average molecular weight is 347 g/mol. The van der Waals surface area contributed by atoms with E-state index in [1.807, 2.05) is 18.3 Å². The fourth-order valence-corrected chi connectivity index (χ4v) is 4.12. The number of piperidine rings is 1. The molecule has 0 saturated carbocycles. The highest BCUT2D eigenvalue weighted by molar-refractivity contribution is 5.61. The molecule has 26 heavy (non-hydrogen) atoms. The van der Waals surface area contributed by atoms with Crippen molar-refractivity contribution in [3.63, 3.8) is 0 Å². The molecule has 2 aliphatic rings. The molecule has 7 nitrogen and oxygen atoms in total. The van der Waals surface area contributed by atoms with Crippen LogP contribution in [-0.4, -0.2) is 36.7 Å². The lowest BCUT2D eigenvalue weighted by Gasteiger charge is -2.36. The fourth-order valence-electron chi connectivity index (χ4n) is 4.12. The summed E-state index contributed by atoms with van der Waals surface area (Å²) in [6.45, 7) is 0.987. The Hall–Kier alpha value is -2.83. The van der Waals surface area contributed by atoms with Gasteiger partial charge in [0.05, 0.1) is 6.04 Å². The molecule has 7 heteroatoms. The van der Waals surface area contributed by atoms with Crippen molar-refractivity contribution >= 4 is 5.82 Å². The van der Waals surface area contributed by atoms with Crippen LogP contribution in [0.4, 0.5) is 5.82 Å². The Balaban J connectivity index is 1.62. The van der Waals surface area contributed by atoms with Gasteiger partial charge in [-0.25, -0.2) is 15.0 Å². The number of fused-ring (bicyclic) bond motifs is 1. The number of aromatic nitrogens is 6. The van der Waals surface area contributed by atoms with Crippen LogP contribution < -0.4 is 4.90 Å². The van der Waals surface area contributed by atoms with Crippen LogP contribution in [0.1, 0.15) is 48.8 Å². The van der Waals surface area contributed by atoms with E-state index >= 15 is 0 Å². The summed E-state index contributed by atoms with van der Waals surface area (Å²) in [7, 11) is 0. The number of nitrogens with one attached hydrogen (secondary N) is 1. The lowest BCUT2D eigenvalue weighted by Crippen LogP contribution is -2.35. The number of nitrogens with zero attached hydrogens (tertiary/aromatic N) is 6. The normalized spacial score (nSPS) is 19.5. The van der Waals surface area contributed by atoms with Crippen molar-refractivity contribution in [2.75, 3.05) is 11.4 Å². The molecule has 0 radical (unpaired) electrons. The Morgan fingerprint density at radius 3 is 2.96 bits per heavy atom. The number of hydrogen-bond donors (Lipinski definition) is 1. The Kier molecular flexibility index (Phi) is 3.84. The Morgan fingerprint density at radius 1 is 1.12 bits per heavy atom. The molecule has 0 unspecified atom stereocenters. The minimum absolute atomic E-state index is 0.201. The third-order valence-corrected chi connectivity index (χ3v) is 5.36. The number of pyridine rings is 1. The number of anilines is 1. The van der Waals surface area contributed by atoms with Crippen molar-refractivity contribution in [1.29, 1.82) is 0 Å². The molecule has 0 bridgehead atoms. The van der Waals surface area contributed by atoms with Gasteiger partial charge in [-0.1, -0.05) is 0 Å². The van der Waals surface area contributed by atoms with Crippen LogP contribution in [0.2, 0.25) is 0 Å². The second-order valence-electron chi connectivity index (χ2n) is 6.97. The van der Waals surface area contributed by atoms with E-state index in [0.717, 1.165) is 55.3 Å². The van der Waals surface area contributed by atoms with E-state index in [1.165, 1.54) is 24.1 Å². The van der Waals surface area contributed by atoms with Crippen molar-refractivity contribution in [3.8, 4) is 11.4 Å². The highest BCUT2D eigenvalue weighted by atomic mass is 15.3. The zero-order valence-corrected chi connectivity index (χ0v) is 14.6. The molecular formula is C19H21N7. The number of aromatic amines is 1. The van der Waals surface area contributed by atoms with Gasteiger partial charge in [0.25, 0.3) is 0 Å².